The van der Waals surface area contributed by atoms with E-state index in [0.29, 0.717) is 46.2 Å². The third-order valence-electron chi connectivity index (χ3n) is 4.96. The number of nitrogens with zero attached hydrogens (tertiary/aromatic N) is 4. The maximum Gasteiger partial charge on any atom is 0.338 e. The fourth-order valence-corrected chi connectivity index (χ4v) is 4.16. The molecule has 0 fully saturated rings. The molecule has 1 N–H and O–H groups in total. The molecule has 0 bridgehead atoms. The Morgan fingerprint density at radius 3 is 2.65 bits per heavy atom. The van der Waals surface area contributed by atoms with Gasteiger partial charge in [0.05, 0.1) is 28.8 Å². The van der Waals surface area contributed by atoms with E-state index < -0.39 is 5.97 Å². The Labute approximate surface area is 199 Å². The van der Waals surface area contributed by atoms with Crippen molar-refractivity contribution in [3.8, 4) is 0 Å². The van der Waals surface area contributed by atoms with Crippen molar-refractivity contribution in [2.24, 2.45) is 0 Å². The van der Waals surface area contributed by atoms with Crippen molar-refractivity contribution in [3.05, 3.63) is 77.1 Å². The van der Waals surface area contributed by atoms with Crippen LogP contribution in [-0.4, -0.2) is 43.4 Å². The lowest BCUT2D eigenvalue weighted by atomic mass is 10.2. The van der Waals surface area contributed by atoms with Crippen LogP contribution in [0.3, 0.4) is 0 Å². The zero-order chi connectivity index (χ0) is 24.1. The number of rotatable bonds is 9. The van der Waals surface area contributed by atoms with Gasteiger partial charge in [-0.3, -0.25) is 18.6 Å². The Kier molecular flexibility index (Phi) is 7.07. The molecular formula is C24H23N5O4S. The van der Waals surface area contributed by atoms with Gasteiger partial charge in [-0.05, 0) is 42.8 Å². The number of allylic oxidation sites excluding steroid dienone is 1. The fourth-order valence-electron chi connectivity index (χ4n) is 3.42. The van der Waals surface area contributed by atoms with Crippen molar-refractivity contribution in [3.63, 3.8) is 0 Å². The van der Waals surface area contributed by atoms with Gasteiger partial charge < -0.3 is 10.1 Å². The maximum absolute atomic E-state index is 12.9. The summed E-state index contributed by atoms with van der Waals surface area (Å²) in [6, 6.07) is 13.7. The molecule has 9 nitrogen and oxygen atoms in total. The van der Waals surface area contributed by atoms with Crippen molar-refractivity contribution < 1.29 is 14.3 Å². The lowest BCUT2D eigenvalue weighted by Gasteiger charge is -2.10. The van der Waals surface area contributed by atoms with Crippen LogP contribution in [0.4, 0.5) is 5.69 Å². The molecule has 0 spiro atoms. The standard InChI is InChI=1S/C24H23N5O4S/c1-3-13-28-21(31)18-7-5-6-8-19(18)29-23(28)26-27-24(29)34-15-20(30)25-17-11-9-16(10-12-17)22(32)33-14-4-2/h3,5-12H,1,4,13-15H2,2H3,(H,25,30). The largest absolute Gasteiger partial charge is 0.462 e. The molecule has 34 heavy (non-hydrogen) atoms. The molecule has 0 unspecified atom stereocenters. The molecule has 2 heterocycles. The number of aromatic nitrogens is 4. The summed E-state index contributed by atoms with van der Waals surface area (Å²) < 4.78 is 8.38. The first-order chi connectivity index (χ1) is 16.5. The number of amides is 1. The number of benzene rings is 2. The van der Waals surface area contributed by atoms with Crippen LogP contribution in [0, 0.1) is 0 Å². The van der Waals surface area contributed by atoms with Crippen molar-refractivity contribution in [2.75, 3.05) is 17.7 Å². The zero-order valence-electron chi connectivity index (χ0n) is 18.6. The number of carbonyl (C=O) groups is 2. The molecule has 2 aromatic heterocycles. The number of ether oxygens (including phenoxy) is 1. The van der Waals surface area contributed by atoms with E-state index in [1.54, 1.807) is 46.9 Å². The van der Waals surface area contributed by atoms with Gasteiger partial charge in [0.15, 0.2) is 5.16 Å². The van der Waals surface area contributed by atoms with E-state index in [1.165, 1.54) is 16.3 Å². The summed E-state index contributed by atoms with van der Waals surface area (Å²) in [5, 5.41) is 12.2. The van der Waals surface area contributed by atoms with Crippen LogP contribution in [0.5, 0.6) is 0 Å². The van der Waals surface area contributed by atoms with E-state index in [2.05, 4.69) is 22.1 Å². The van der Waals surface area contributed by atoms with Crippen molar-refractivity contribution >= 4 is 46.0 Å². The summed E-state index contributed by atoms with van der Waals surface area (Å²) >= 11 is 1.21. The molecule has 0 atom stereocenters. The normalized spacial score (nSPS) is 11.0. The van der Waals surface area contributed by atoms with E-state index in [1.807, 2.05) is 19.1 Å². The van der Waals surface area contributed by atoms with Gasteiger partial charge in [0, 0.05) is 12.2 Å². The van der Waals surface area contributed by atoms with Crippen LogP contribution in [0.25, 0.3) is 16.7 Å². The smallest absolute Gasteiger partial charge is 0.338 e. The maximum atomic E-state index is 12.9. The first-order valence-corrected chi connectivity index (χ1v) is 11.7. The minimum Gasteiger partial charge on any atom is -0.462 e. The number of carbonyl (C=O) groups excluding carboxylic acids is 2. The SMILES string of the molecule is C=CCn1c(=O)c2ccccc2n2c(SCC(=O)Nc3ccc(C(=O)OCCC)cc3)nnc12. The Balaban J connectivity index is 1.51. The number of fused-ring (bicyclic) bond motifs is 3. The number of esters is 1. The van der Waals surface area contributed by atoms with Gasteiger partial charge >= 0.3 is 5.97 Å². The average Bonchev–Trinajstić information content (AvgIpc) is 3.28. The van der Waals surface area contributed by atoms with Crippen LogP contribution < -0.4 is 10.9 Å². The Hall–Kier alpha value is -3.92. The van der Waals surface area contributed by atoms with Crippen molar-refractivity contribution in [1.29, 1.82) is 0 Å². The van der Waals surface area contributed by atoms with E-state index in [0.717, 1.165) is 6.42 Å². The number of nitrogens with one attached hydrogen (secondary N) is 1. The third-order valence-corrected chi connectivity index (χ3v) is 5.89. The fraction of sp³-hybridized carbons (Fsp3) is 0.208. The summed E-state index contributed by atoms with van der Waals surface area (Å²) in [4.78, 5) is 37.3. The van der Waals surface area contributed by atoms with Crippen LogP contribution in [0.1, 0.15) is 23.7 Å². The molecule has 4 aromatic rings. The van der Waals surface area contributed by atoms with E-state index >= 15 is 0 Å². The van der Waals surface area contributed by atoms with Crippen LogP contribution >= 0.6 is 11.8 Å². The first-order valence-electron chi connectivity index (χ1n) is 10.7. The predicted octanol–water partition coefficient (Wildman–Crippen LogP) is 3.53. The van der Waals surface area contributed by atoms with Gasteiger partial charge in [0.2, 0.25) is 11.7 Å². The van der Waals surface area contributed by atoms with Gasteiger partial charge in [-0.2, -0.15) is 0 Å². The monoisotopic (exact) mass is 477 g/mol. The third kappa shape index (κ3) is 4.72. The van der Waals surface area contributed by atoms with E-state index in [4.69, 9.17) is 4.74 Å². The van der Waals surface area contributed by atoms with Gasteiger partial charge in [-0.15, -0.1) is 16.8 Å². The minimum atomic E-state index is -0.392. The molecule has 174 valence electrons. The number of anilines is 1. The lowest BCUT2D eigenvalue weighted by molar-refractivity contribution is -0.113. The first kappa shape index (κ1) is 23.2. The van der Waals surface area contributed by atoms with Gasteiger partial charge in [-0.1, -0.05) is 36.9 Å². The summed E-state index contributed by atoms with van der Waals surface area (Å²) in [5.74, 6) is -0.171. The highest BCUT2D eigenvalue weighted by molar-refractivity contribution is 7.99. The average molecular weight is 478 g/mol. The highest BCUT2D eigenvalue weighted by atomic mass is 32.2. The Morgan fingerprint density at radius 1 is 1.15 bits per heavy atom. The van der Waals surface area contributed by atoms with Crippen LogP contribution in [0.15, 0.2) is 71.1 Å². The van der Waals surface area contributed by atoms with Crippen molar-refractivity contribution in [1.82, 2.24) is 19.2 Å². The Bertz CT molecular complexity index is 1430. The molecular weight excluding hydrogens is 454 g/mol. The molecule has 0 aliphatic heterocycles. The molecule has 0 saturated heterocycles. The number of hydrogen-bond acceptors (Lipinski definition) is 7. The summed E-state index contributed by atoms with van der Waals surface area (Å²) in [6.45, 7) is 6.30. The predicted molar refractivity (Wildman–Crippen MR) is 131 cm³/mol. The van der Waals surface area contributed by atoms with Gasteiger partial charge in [0.25, 0.3) is 5.56 Å². The summed E-state index contributed by atoms with van der Waals surface area (Å²) in [7, 11) is 0. The molecule has 0 aliphatic rings. The number of thioether (sulfide) groups is 1. The second-order valence-electron chi connectivity index (χ2n) is 7.39. The molecule has 4 rings (SSSR count). The number of para-hydroxylation sites is 1. The Morgan fingerprint density at radius 2 is 1.91 bits per heavy atom. The van der Waals surface area contributed by atoms with Gasteiger partial charge in [-0.25, -0.2) is 4.79 Å². The molecule has 0 saturated carbocycles. The second kappa shape index (κ2) is 10.3. The molecule has 0 radical (unpaired) electrons. The lowest BCUT2D eigenvalue weighted by Crippen LogP contribution is -2.22. The zero-order valence-corrected chi connectivity index (χ0v) is 19.4. The quantitative estimate of drug-likeness (QED) is 0.223. The van der Waals surface area contributed by atoms with Crippen LogP contribution in [-0.2, 0) is 16.1 Å². The minimum absolute atomic E-state index is 0.0794. The van der Waals surface area contributed by atoms with E-state index in [9.17, 15) is 14.4 Å². The van der Waals surface area contributed by atoms with E-state index in [-0.39, 0.29) is 17.2 Å². The molecule has 10 heteroatoms. The molecule has 2 aromatic carbocycles. The molecule has 0 aliphatic carbocycles. The topological polar surface area (TPSA) is 108 Å². The van der Waals surface area contributed by atoms with Crippen molar-refractivity contribution in [2.45, 2.75) is 25.0 Å². The summed E-state index contributed by atoms with van der Waals surface area (Å²) in [6.07, 6.45) is 2.38. The second-order valence-corrected chi connectivity index (χ2v) is 8.33. The highest BCUT2D eigenvalue weighted by Gasteiger charge is 2.17. The van der Waals surface area contributed by atoms with Crippen LogP contribution in [0.2, 0.25) is 0 Å². The van der Waals surface area contributed by atoms with Gasteiger partial charge in [0.1, 0.15) is 0 Å². The molecule has 1 amide bonds. The highest BCUT2D eigenvalue weighted by Crippen LogP contribution is 2.22. The summed E-state index contributed by atoms with van der Waals surface area (Å²) in [5.41, 5.74) is 1.48. The number of hydrogen-bond donors (Lipinski definition) is 1.